The van der Waals surface area contributed by atoms with Crippen molar-refractivity contribution in [2.45, 2.75) is 24.9 Å². The number of likely N-dealkylation sites (N-methyl/N-ethyl adjacent to an activating group) is 2. The molecule has 2 saturated heterocycles. The molecule has 1 aromatic rings. The van der Waals surface area contributed by atoms with Crippen molar-refractivity contribution in [3.8, 4) is 0 Å². The second-order valence-electron chi connectivity index (χ2n) is 7.70. The maximum atomic E-state index is 12.9. The van der Waals surface area contributed by atoms with E-state index in [-0.39, 0.29) is 5.91 Å². The third-order valence-corrected chi connectivity index (χ3v) is 5.88. The Morgan fingerprint density at radius 3 is 2.44 bits per heavy atom. The topological polar surface area (TPSA) is 30.0 Å². The summed E-state index contributed by atoms with van der Waals surface area (Å²) in [5, 5.41) is 0. The van der Waals surface area contributed by atoms with E-state index < -0.39 is 0 Å². The first-order valence-electron chi connectivity index (χ1n) is 9.46. The number of carbonyl (C=O) groups excluding carboxylic acids is 1. The summed E-state index contributed by atoms with van der Waals surface area (Å²) in [5.74, 6) is 0.274. The first-order valence-corrected chi connectivity index (χ1v) is 9.46. The zero-order valence-corrected chi connectivity index (χ0v) is 15.9. The summed E-state index contributed by atoms with van der Waals surface area (Å²) in [7, 11) is 6.44. The molecule has 5 heteroatoms. The molecule has 1 atom stereocenters. The fourth-order valence-corrected chi connectivity index (χ4v) is 4.01. The van der Waals surface area contributed by atoms with Gasteiger partial charge in [-0.2, -0.15) is 0 Å². The number of nitrogens with zero attached hydrogens (tertiary/aromatic N) is 4. The minimum atomic E-state index is 0.274. The molecule has 0 bridgehead atoms. The van der Waals surface area contributed by atoms with E-state index in [9.17, 15) is 4.79 Å². The van der Waals surface area contributed by atoms with Gasteiger partial charge in [-0.25, -0.2) is 0 Å². The van der Waals surface area contributed by atoms with E-state index in [4.69, 9.17) is 0 Å². The number of amides is 1. The number of benzene rings is 1. The van der Waals surface area contributed by atoms with Crippen molar-refractivity contribution in [1.29, 1.82) is 0 Å². The molecular weight excluding hydrogens is 312 g/mol. The summed E-state index contributed by atoms with van der Waals surface area (Å²) < 4.78 is 0. The average Bonchev–Trinajstić information content (AvgIpc) is 2.63. The van der Waals surface area contributed by atoms with Crippen molar-refractivity contribution in [2.24, 2.45) is 0 Å². The van der Waals surface area contributed by atoms with Gasteiger partial charge in [-0.3, -0.25) is 14.6 Å². The molecule has 0 unspecified atom stereocenters. The second kappa shape index (κ2) is 8.30. The predicted octanol–water partition coefficient (Wildman–Crippen LogP) is 1.53. The van der Waals surface area contributed by atoms with Gasteiger partial charge >= 0.3 is 0 Å². The lowest BCUT2D eigenvalue weighted by Crippen LogP contribution is -2.52. The average molecular weight is 345 g/mol. The fraction of sp³-hybridized carbons (Fsp3) is 0.650. The molecule has 0 aliphatic carbocycles. The Balaban J connectivity index is 1.56. The minimum Gasteiger partial charge on any atom is -0.338 e. The van der Waals surface area contributed by atoms with E-state index in [0.29, 0.717) is 18.6 Å². The highest BCUT2D eigenvalue weighted by atomic mass is 16.2. The highest BCUT2D eigenvalue weighted by Crippen LogP contribution is 2.24. The van der Waals surface area contributed by atoms with Gasteiger partial charge in [0.25, 0.3) is 0 Å². The van der Waals surface area contributed by atoms with Gasteiger partial charge in [0.05, 0.1) is 12.6 Å². The third kappa shape index (κ3) is 4.60. The predicted molar refractivity (Wildman–Crippen MR) is 102 cm³/mol. The first-order chi connectivity index (χ1) is 12.0. The molecule has 0 spiro atoms. The molecule has 0 aromatic heterocycles. The molecule has 5 nitrogen and oxygen atoms in total. The Hall–Kier alpha value is -1.43. The van der Waals surface area contributed by atoms with Crippen molar-refractivity contribution >= 4 is 5.91 Å². The molecule has 0 saturated carbocycles. The highest BCUT2D eigenvalue weighted by molar-refractivity contribution is 5.78. The Labute approximate surface area is 152 Å². The third-order valence-electron chi connectivity index (χ3n) is 5.88. The Morgan fingerprint density at radius 2 is 1.76 bits per heavy atom. The zero-order chi connectivity index (χ0) is 17.8. The van der Waals surface area contributed by atoms with Crippen molar-refractivity contribution < 1.29 is 4.79 Å². The largest absolute Gasteiger partial charge is 0.338 e. The van der Waals surface area contributed by atoms with E-state index >= 15 is 0 Å². The van der Waals surface area contributed by atoms with Crippen LogP contribution in [0.5, 0.6) is 0 Å². The van der Waals surface area contributed by atoms with Gasteiger partial charge in [-0.05, 0) is 52.6 Å². The van der Waals surface area contributed by atoms with Crippen LogP contribution in [0.15, 0.2) is 30.3 Å². The zero-order valence-electron chi connectivity index (χ0n) is 15.9. The maximum absolute atomic E-state index is 12.9. The van der Waals surface area contributed by atoms with Crippen molar-refractivity contribution in [1.82, 2.24) is 19.6 Å². The summed E-state index contributed by atoms with van der Waals surface area (Å²) >= 11 is 0. The van der Waals surface area contributed by atoms with Gasteiger partial charge in [0.15, 0.2) is 0 Å². The van der Waals surface area contributed by atoms with Crippen LogP contribution < -0.4 is 0 Å². The Bertz CT molecular complexity index is 556. The summed E-state index contributed by atoms with van der Waals surface area (Å²) in [4.78, 5) is 21.9. The van der Waals surface area contributed by atoms with E-state index in [0.717, 1.165) is 45.6 Å². The van der Waals surface area contributed by atoms with Crippen LogP contribution >= 0.6 is 0 Å². The molecule has 2 heterocycles. The lowest BCUT2D eigenvalue weighted by atomic mass is 10.0. The van der Waals surface area contributed by atoms with Gasteiger partial charge in [-0.1, -0.05) is 30.3 Å². The van der Waals surface area contributed by atoms with E-state index in [1.165, 1.54) is 5.56 Å². The van der Waals surface area contributed by atoms with Crippen molar-refractivity contribution in [3.63, 3.8) is 0 Å². The molecule has 0 radical (unpaired) electrons. The van der Waals surface area contributed by atoms with Crippen LogP contribution in [0.3, 0.4) is 0 Å². The van der Waals surface area contributed by atoms with Crippen LogP contribution in [0, 0.1) is 0 Å². The van der Waals surface area contributed by atoms with Crippen LogP contribution in [0.2, 0.25) is 0 Å². The molecule has 2 aliphatic heterocycles. The molecule has 0 N–H and O–H groups in total. The highest BCUT2D eigenvalue weighted by Gasteiger charge is 2.30. The van der Waals surface area contributed by atoms with Crippen molar-refractivity contribution in [2.75, 3.05) is 60.4 Å². The molecule has 1 aromatic carbocycles. The molecule has 2 aliphatic rings. The van der Waals surface area contributed by atoms with Gasteiger partial charge in [0.1, 0.15) is 0 Å². The number of hydrogen-bond acceptors (Lipinski definition) is 4. The Kier molecular flexibility index (Phi) is 6.10. The maximum Gasteiger partial charge on any atom is 0.236 e. The van der Waals surface area contributed by atoms with Crippen LogP contribution in [0.4, 0.5) is 0 Å². The van der Waals surface area contributed by atoms with Gasteiger partial charge in [-0.15, -0.1) is 0 Å². The van der Waals surface area contributed by atoms with Crippen LogP contribution in [0.1, 0.15) is 24.4 Å². The molecule has 3 rings (SSSR count). The number of rotatable bonds is 4. The van der Waals surface area contributed by atoms with E-state index in [1.54, 1.807) is 0 Å². The molecule has 2 fully saturated rings. The molecule has 25 heavy (non-hydrogen) atoms. The van der Waals surface area contributed by atoms with Gasteiger partial charge in [0.2, 0.25) is 5.91 Å². The van der Waals surface area contributed by atoms with E-state index in [2.05, 4.69) is 65.0 Å². The van der Waals surface area contributed by atoms with Gasteiger partial charge in [0, 0.05) is 25.7 Å². The monoisotopic (exact) mass is 344 g/mol. The first kappa shape index (κ1) is 18.4. The Morgan fingerprint density at radius 1 is 1.08 bits per heavy atom. The van der Waals surface area contributed by atoms with Crippen LogP contribution in [-0.4, -0.2) is 92.0 Å². The fourth-order valence-electron chi connectivity index (χ4n) is 4.01. The molecule has 1 amide bonds. The number of carbonyl (C=O) groups is 1. The lowest BCUT2D eigenvalue weighted by Gasteiger charge is -2.41. The number of piperazine rings is 1. The summed E-state index contributed by atoms with van der Waals surface area (Å²) in [6.45, 7) is 5.37. The normalized spacial score (nSPS) is 24.0. The molecule has 138 valence electrons. The SMILES string of the molecule is CN1CCC(N(C)CC(=O)N2CCN(C)[C@@H](c3ccccc3)C2)CC1. The van der Waals surface area contributed by atoms with E-state index in [1.807, 2.05) is 6.07 Å². The number of piperidine rings is 1. The summed E-state index contributed by atoms with van der Waals surface area (Å²) in [5.41, 5.74) is 1.30. The smallest absolute Gasteiger partial charge is 0.236 e. The number of likely N-dealkylation sites (tertiary alicyclic amines) is 1. The minimum absolute atomic E-state index is 0.274. The summed E-state index contributed by atoms with van der Waals surface area (Å²) in [6, 6.07) is 11.4. The number of hydrogen-bond donors (Lipinski definition) is 0. The lowest BCUT2D eigenvalue weighted by molar-refractivity contribution is -0.135. The second-order valence-corrected chi connectivity index (χ2v) is 7.70. The van der Waals surface area contributed by atoms with Gasteiger partial charge < -0.3 is 9.80 Å². The van der Waals surface area contributed by atoms with Crippen LogP contribution in [0.25, 0.3) is 0 Å². The standard InChI is InChI=1S/C20H32N4O/c1-21-11-9-18(10-12-21)23(3)16-20(25)24-14-13-22(2)19(15-24)17-7-5-4-6-8-17/h4-8,18-19H,9-16H2,1-3H3/t19-/m1/s1. The molecular formula is C20H32N4O. The van der Waals surface area contributed by atoms with Crippen LogP contribution in [-0.2, 0) is 4.79 Å². The van der Waals surface area contributed by atoms with Crippen molar-refractivity contribution in [3.05, 3.63) is 35.9 Å². The quantitative estimate of drug-likeness (QED) is 0.829. The summed E-state index contributed by atoms with van der Waals surface area (Å²) in [6.07, 6.45) is 2.32.